The molecule has 0 N–H and O–H groups in total. The highest BCUT2D eigenvalue weighted by atomic mass is 79.9. The molecule has 2 aliphatic carbocycles. The Hall–Kier alpha value is 5.76. The summed E-state index contributed by atoms with van der Waals surface area (Å²) in [5, 5.41) is 0. The molecule has 0 radical (unpaired) electrons. The minimum atomic E-state index is -0.292. The smallest absolute Gasteiger partial charge is 0.0701 e. The Kier molecular flexibility index (Phi) is 18.4. The summed E-state index contributed by atoms with van der Waals surface area (Å²) in [5.41, 5.74) is 0. The van der Waals surface area contributed by atoms with Crippen LogP contribution in [0.2, 0.25) is 0 Å². The molecular weight excluding hydrogens is 1220 g/mol. The van der Waals surface area contributed by atoms with Crippen LogP contribution >= 0.6 is 191 Å². The van der Waals surface area contributed by atoms with Gasteiger partial charge in [-0.05, 0) is 25.7 Å². The Bertz CT molecular complexity index is 555. The molecule has 0 aliphatic heterocycles. The highest BCUT2D eigenvalue weighted by Gasteiger charge is 2.57. The molecule has 0 unspecified atom stereocenters. The van der Waals surface area contributed by atoms with Gasteiger partial charge in [0.05, 0.1) is 0 Å². The van der Waals surface area contributed by atoms with Crippen LogP contribution < -0.4 is 0 Å². The van der Waals surface area contributed by atoms with Crippen molar-refractivity contribution >= 4 is 191 Å². The molecule has 0 heterocycles. The number of hydrogen-bond donors (Lipinski definition) is 0. The topological polar surface area (TPSA) is 0 Å². The van der Waals surface area contributed by atoms with Gasteiger partial charge < -0.3 is 0 Å². The van der Waals surface area contributed by atoms with Gasteiger partial charge in [0, 0.05) is 0 Å². The first-order valence-corrected chi connectivity index (χ1v) is 21.2. The molecule has 0 aromatic rings. The highest BCUT2D eigenvalue weighted by Crippen LogP contribution is 2.64. The van der Waals surface area contributed by atoms with E-state index < -0.39 is 0 Å². The van der Waals surface area contributed by atoms with Crippen LogP contribution in [0.25, 0.3) is 0 Å². The first kappa shape index (κ1) is 37.8. The molecule has 2 rings (SSSR count). The zero-order valence-corrected chi connectivity index (χ0v) is 37.9. The summed E-state index contributed by atoms with van der Waals surface area (Å²) in [7, 11) is 0. The van der Waals surface area contributed by atoms with Crippen molar-refractivity contribution in [3.8, 4) is 0 Å². The van der Waals surface area contributed by atoms with Crippen molar-refractivity contribution in [1.29, 1.82) is 0 Å². The van der Waals surface area contributed by atoms with Crippen molar-refractivity contribution in [2.75, 3.05) is 0 Å². The van der Waals surface area contributed by atoms with E-state index in [0.717, 1.165) is 25.7 Å². The first-order chi connectivity index (χ1) is 15.4. The van der Waals surface area contributed by atoms with Gasteiger partial charge in [-0.3, -0.25) is 0 Å². The average molecular weight is 1260 g/mol. The third kappa shape index (κ3) is 11.1. The summed E-state index contributed by atoms with van der Waals surface area (Å²) in [6.45, 7) is 0. The predicted molar refractivity (Wildman–Crippen MR) is 197 cm³/mol. The molecule has 0 aromatic carbocycles. The Morgan fingerprint density at radius 3 is 0.559 bits per heavy atom. The van der Waals surface area contributed by atoms with E-state index in [4.69, 9.17) is 0 Å². The van der Waals surface area contributed by atoms with E-state index in [0.29, 0.717) is 0 Å². The van der Waals surface area contributed by atoms with Crippen molar-refractivity contribution < 1.29 is 0 Å². The molecule has 204 valence electrons. The van der Waals surface area contributed by atoms with Gasteiger partial charge in [-0.15, -0.1) is 0 Å². The monoisotopic (exact) mass is 1240 g/mol. The fourth-order valence-corrected chi connectivity index (χ4v) is 12.6. The van der Waals surface area contributed by atoms with Crippen LogP contribution in [0, 0.1) is 0 Å². The van der Waals surface area contributed by atoms with Gasteiger partial charge in [0.15, 0.2) is 0 Å². The SMILES string of the molecule is BrC1(Br)CCCCCCCC(Br)(Br)C1(Br)Br.BrC1(Br)CCCCCCCCCC(Br)(Br)C1(Br)Br. The average Bonchev–Trinajstić information content (AvgIpc) is 2.70. The molecule has 0 amide bonds. The summed E-state index contributed by atoms with van der Waals surface area (Å²) in [6.07, 6.45) is 19.9. The van der Waals surface area contributed by atoms with Crippen LogP contribution in [-0.2, 0) is 0 Å². The molecule has 0 atom stereocenters. The van der Waals surface area contributed by atoms with E-state index in [9.17, 15) is 0 Å². The fraction of sp³-hybridized carbons (Fsp3) is 1.00. The number of hydrogen-bond acceptors (Lipinski definition) is 0. The van der Waals surface area contributed by atoms with E-state index in [1.807, 2.05) is 0 Å². The van der Waals surface area contributed by atoms with Crippen molar-refractivity contribution in [1.82, 2.24) is 0 Å². The lowest BCUT2D eigenvalue weighted by Crippen LogP contribution is -2.47. The quantitative estimate of drug-likeness (QED) is 0.212. The Labute approximate surface area is 308 Å². The largest absolute Gasteiger partial charge is 0.130 e. The molecular formula is C22H32Br12. The van der Waals surface area contributed by atoms with Gasteiger partial charge in [0.25, 0.3) is 0 Å². The van der Waals surface area contributed by atoms with Crippen LogP contribution in [0.5, 0.6) is 0 Å². The van der Waals surface area contributed by atoms with Gasteiger partial charge in [0.2, 0.25) is 0 Å². The van der Waals surface area contributed by atoms with Crippen LogP contribution in [-0.4, -0.2) is 19.4 Å². The fourth-order valence-electron chi connectivity index (χ4n) is 3.97. The van der Waals surface area contributed by atoms with Crippen molar-refractivity contribution in [3.05, 3.63) is 0 Å². The summed E-state index contributed by atoms with van der Waals surface area (Å²) >= 11 is 45.9. The van der Waals surface area contributed by atoms with Gasteiger partial charge >= 0.3 is 0 Å². The van der Waals surface area contributed by atoms with Crippen molar-refractivity contribution in [3.63, 3.8) is 0 Å². The van der Waals surface area contributed by atoms with Crippen LogP contribution in [0.4, 0.5) is 0 Å². The normalized spacial score (nSPS) is 29.3. The zero-order chi connectivity index (χ0) is 26.3. The minimum Gasteiger partial charge on any atom is -0.0701 e. The predicted octanol–water partition coefficient (Wildman–Crippen LogP) is 15.2. The molecule has 2 fully saturated rings. The lowest BCUT2D eigenvalue weighted by molar-refractivity contribution is 0.501. The second-order valence-corrected chi connectivity index (χ2v) is 31.2. The maximum Gasteiger partial charge on any atom is 0.130 e. The van der Waals surface area contributed by atoms with Crippen LogP contribution in [0.15, 0.2) is 0 Å². The van der Waals surface area contributed by atoms with Crippen LogP contribution in [0.3, 0.4) is 0 Å². The second kappa shape index (κ2) is 16.6. The molecule has 2 saturated carbocycles. The molecule has 0 bridgehead atoms. The number of alkyl halides is 12. The third-order valence-corrected chi connectivity index (χ3v) is 28.2. The van der Waals surface area contributed by atoms with Crippen molar-refractivity contribution in [2.24, 2.45) is 0 Å². The van der Waals surface area contributed by atoms with E-state index in [1.165, 1.54) is 77.0 Å². The molecule has 0 aromatic heterocycles. The van der Waals surface area contributed by atoms with E-state index in [2.05, 4.69) is 191 Å². The summed E-state index contributed by atoms with van der Waals surface area (Å²) in [4.78, 5) is 0. The van der Waals surface area contributed by atoms with E-state index in [-0.39, 0.29) is 19.4 Å². The second-order valence-electron chi connectivity index (χ2n) is 9.21. The summed E-state index contributed by atoms with van der Waals surface area (Å²) in [5.74, 6) is 0. The van der Waals surface area contributed by atoms with Gasteiger partial charge in [0.1, 0.15) is 19.4 Å². The zero-order valence-electron chi connectivity index (χ0n) is 18.8. The van der Waals surface area contributed by atoms with Crippen molar-refractivity contribution in [2.45, 2.75) is 122 Å². The number of halogens is 12. The first-order valence-electron chi connectivity index (χ1n) is 11.7. The molecule has 12 heteroatoms. The lowest BCUT2D eigenvalue weighted by atomic mass is 10.0. The van der Waals surface area contributed by atoms with E-state index in [1.54, 1.807) is 0 Å². The van der Waals surface area contributed by atoms with Gasteiger partial charge in [-0.25, -0.2) is 0 Å². The number of rotatable bonds is 0. The minimum absolute atomic E-state index is 0.169. The standard InChI is InChI=1S/C12H18Br6.C10H14Br6/c13-10(14)8-6-4-2-1-3-5-7-9-11(15,16)12(10,17)18;11-8(12)6-4-2-1-3-5-7-9(13,14)10(8,15)16/h1-9H2;1-7H2. The van der Waals surface area contributed by atoms with Crippen LogP contribution in [0.1, 0.15) is 103 Å². The Morgan fingerprint density at radius 1 is 0.235 bits per heavy atom. The molecule has 0 spiro atoms. The Balaban J connectivity index is 0.000000342. The molecule has 0 nitrogen and oxygen atoms in total. The summed E-state index contributed by atoms with van der Waals surface area (Å²) < 4.78 is -1.27. The maximum absolute atomic E-state index is 3.85. The lowest BCUT2D eigenvalue weighted by Gasteiger charge is -2.44. The molecule has 34 heavy (non-hydrogen) atoms. The highest BCUT2D eigenvalue weighted by molar-refractivity contribution is 9.33. The molecule has 0 saturated heterocycles. The summed E-state index contributed by atoms with van der Waals surface area (Å²) in [6, 6.07) is 0. The maximum atomic E-state index is 3.85. The molecule has 2 aliphatic rings. The Morgan fingerprint density at radius 2 is 0.382 bits per heavy atom. The van der Waals surface area contributed by atoms with E-state index >= 15 is 0 Å². The van der Waals surface area contributed by atoms with Gasteiger partial charge in [-0.1, -0.05) is 268 Å². The third-order valence-electron chi connectivity index (χ3n) is 6.30. The van der Waals surface area contributed by atoms with Gasteiger partial charge in [-0.2, -0.15) is 0 Å².